The van der Waals surface area contributed by atoms with Crippen molar-refractivity contribution in [2.45, 2.75) is 0 Å². The van der Waals surface area contributed by atoms with Gasteiger partial charge >= 0.3 is 0 Å². The first-order valence-corrected chi connectivity index (χ1v) is 5.92. The Hall–Kier alpha value is -1.19. The maximum Gasteiger partial charge on any atom is 0.108 e. The second-order valence-electron chi connectivity index (χ2n) is 3.46. The van der Waals surface area contributed by atoms with Gasteiger partial charge in [-0.3, -0.25) is 4.98 Å². The molecule has 0 N–H and O–H groups in total. The van der Waals surface area contributed by atoms with Gasteiger partial charge in [0.05, 0.1) is 16.1 Å². The zero-order valence-corrected chi connectivity index (χ0v) is 10.5. The molecule has 16 heavy (non-hydrogen) atoms. The fourth-order valence-electron chi connectivity index (χ4n) is 1.70. The van der Waals surface area contributed by atoms with Gasteiger partial charge in [0.15, 0.2) is 0 Å². The lowest BCUT2D eigenvalue weighted by Crippen LogP contribution is -1.86. The second kappa shape index (κ2) is 3.68. The largest absolute Gasteiger partial charge is 0.253 e. The molecule has 0 saturated carbocycles. The predicted octanol–water partition coefficient (Wildman–Crippen LogP) is 4.20. The zero-order valence-electron chi connectivity index (χ0n) is 8.11. The number of aromatic nitrogens is 2. The van der Waals surface area contributed by atoms with E-state index in [1.807, 2.05) is 30.3 Å². The number of halogens is 2. The van der Waals surface area contributed by atoms with Crippen LogP contribution >= 0.6 is 27.5 Å². The molecule has 3 rings (SSSR count). The highest BCUT2D eigenvalue weighted by molar-refractivity contribution is 9.10. The number of fused-ring (bicyclic) bond motifs is 2. The SMILES string of the molecule is Clc1c2cc(Br)ccc2nc2cccnc12. The Labute approximate surface area is 105 Å². The van der Waals surface area contributed by atoms with Crippen molar-refractivity contribution in [1.82, 2.24) is 9.97 Å². The van der Waals surface area contributed by atoms with Gasteiger partial charge in [-0.05, 0) is 30.3 Å². The van der Waals surface area contributed by atoms with Crippen LogP contribution in [0.3, 0.4) is 0 Å². The van der Waals surface area contributed by atoms with Gasteiger partial charge in [-0.15, -0.1) is 0 Å². The van der Waals surface area contributed by atoms with Crippen molar-refractivity contribution in [3.63, 3.8) is 0 Å². The van der Waals surface area contributed by atoms with Gasteiger partial charge in [-0.25, -0.2) is 4.98 Å². The average molecular weight is 294 g/mol. The van der Waals surface area contributed by atoms with E-state index in [0.29, 0.717) is 5.02 Å². The molecule has 0 aliphatic heterocycles. The van der Waals surface area contributed by atoms with E-state index in [-0.39, 0.29) is 0 Å². The minimum atomic E-state index is 0.655. The van der Waals surface area contributed by atoms with E-state index < -0.39 is 0 Å². The number of benzene rings is 1. The molecule has 0 unspecified atom stereocenters. The number of hydrogen-bond acceptors (Lipinski definition) is 2. The molecule has 2 nitrogen and oxygen atoms in total. The lowest BCUT2D eigenvalue weighted by molar-refractivity contribution is 1.37. The fourth-order valence-corrected chi connectivity index (χ4v) is 2.35. The Morgan fingerprint density at radius 2 is 2.00 bits per heavy atom. The van der Waals surface area contributed by atoms with E-state index in [2.05, 4.69) is 25.9 Å². The van der Waals surface area contributed by atoms with Gasteiger partial charge in [0.25, 0.3) is 0 Å². The molecule has 2 heterocycles. The highest BCUT2D eigenvalue weighted by Gasteiger charge is 2.07. The fraction of sp³-hybridized carbons (Fsp3) is 0. The topological polar surface area (TPSA) is 25.8 Å². The van der Waals surface area contributed by atoms with Crippen LogP contribution in [-0.4, -0.2) is 9.97 Å². The standard InChI is InChI=1S/C12H6BrClN2/c13-7-3-4-9-8(6-7)11(14)12-10(16-9)2-1-5-15-12/h1-6H. The molecule has 4 heteroatoms. The Kier molecular flexibility index (Phi) is 2.30. The van der Waals surface area contributed by atoms with Gasteiger partial charge in [-0.2, -0.15) is 0 Å². The summed E-state index contributed by atoms with van der Waals surface area (Å²) in [4.78, 5) is 8.76. The summed E-state index contributed by atoms with van der Waals surface area (Å²) in [5.41, 5.74) is 2.45. The van der Waals surface area contributed by atoms with Crippen molar-refractivity contribution < 1.29 is 0 Å². The van der Waals surface area contributed by atoms with Crippen LogP contribution < -0.4 is 0 Å². The normalized spacial score (nSPS) is 11.1. The van der Waals surface area contributed by atoms with Crippen LogP contribution in [0, 0.1) is 0 Å². The van der Waals surface area contributed by atoms with Crippen molar-refractivity contribution in [2.24, 2.45) is 0 Å². The molecule has 78 valence electrons. The summed E-state index contributed by atoms with van der Waals surface area (Å²) >= 11 is 9.75. The van der Waals surface area contributed by atoms with Crippen LogP contribution in [0.1, 0.15) is 0 Å². The smallest absolute Gasteiger partial charge is 0.108 e. The van der Waals surface area contributed by atoms with E-state index >= 15 is 0 Å². The van der Waals surface area contributed by atoms with E-state index in [4.69, 9.17) is 11.6 Å². The van der Waals surface area contributed by atoms with Gasteiger partial charge in [-0.1, -0.05) is 27.5 Å². The van der Waals surface area contributed by atoms with Crippen LogP contribution in [0.4, 0.5) is 0 Å². The molecule has 0 radical (unpaired) electrons. The quantitative estimate of drug-likeness (QED) is 0.581. The summed E-state index contributed by atoms with van der Waals surface area (Å²) in [5.74, 6) is 0. The first-order chi connectivity index (χ1) is 7.75. The molecule has 0 spiro atoms. The van der Waals surface area contributed by atoms with Crippen molar-refractivity contribution in [2.75, 3.05) is 0 Å². The van der Waals surface area contributed by atoms with E-state index in [0.717, 1.165) is 26.4 Å². The summed E-state index contributed by atoms with van der Waals surface area (Å²) in [6, 6.07) is 9.62. The minimum absolute atomic E-state index is 0.655. The number of nitrogens with zero attached hydrogens (tertiary/aromatic N) is 2. The zero-order chi connectivity index (χ0) is 11.1. The molecule has 1 aromatic carbocycles. The molecule has 0 bridgehead atoms. The summed E-state index contributed by atoms with van der Waals surface area (Å²) in [6.07, 6.45) is 1.72. The molecule has 0 aliphatic carbocycles. The van der Waals surface area contributed by atoms with Crippen molar-refractivity contribution in [3.8, 4) is 0 Å². The third-order valence-electron chi connectivity index (χ3n) is 2.43. The Bertz CT molecular complexity index is 697. The Morgan fingerprint density at radius 1 is 1.12 bits per heavy atom. The predicted molar refractivity (Wildman–Crippen MR) is 69.8 cm³/mol. The number of rotatable bonds is 0. The molecule has 0 fully saturated rings. The van der Waals surface area contributed by atoms with Crippen molar-refractivity contribution in [3.05, 3.63) is 46.0 Å². The minimum Gasteiger partial charge on any atom is -0.253 e. The second-order valence-corrected chi connectivity index (χ2v) is 4.75. The van der Waals surface area contributed by atoms with Gasteiger partial charge < -0.3 is 0 Å². The maximum atomic E-state index is 6.32. The average Bonchev–Trinajstić information content (AvgIpc) is 2.31. The van der Waals surface area contributed by atoms with E-state index in [9.17, 15) is 0 Å². The highest BCUT2D eigenvalue weighted by Crippen LogP contribution is 2.30. The molecule has 0 atom stereocenters. The summed E-state index contributed by atoms with van der Waals surface area (Å²) in [7, 11) is 0. The third-order valence-corrected chi connectivity index (χ3v) is 3.31. The van der Waals surface area contributed by atoms with Crippen LogP contribution in [0.15, 0.2) is 41.0 Å². The molecular weight excluding hydrogens is 288 g/mol. The molecule has 0 saturated heterocycles. The summed E-state index contributed by atoms with van der Waals surface area (Å²) in [5, 5.41) is 1.57. The van der Waals surface area contributed by atoms with Crippen LogP contribution in [0.2, 0.25) is 5.02 Å². The third kappa shape index (κ3) is 1.47. The Balaban J connectivity index is 2.56. The summed E-state index contributed by atoms with van der Waals surface area (Å²) < 4.78 is 0.985. The van der Waals surface area contributed by atoms with E-state index in [1.165, 1.54) is 0 Å². The monoisotopic (exact) mass is 292 g/mol. The van der Waals surface area contributed by atoms with Gasteiger partial charge in [0.2, 0.25) is 0 Å². The van der Waals surface area contributed by atoms with Crippen LogP contribution in [-0.2, 0) is 0 Å². The first-order valence-electron chi connectivity index (χ1n) is 4.75. The highest BCUT2D eigenvalue weighted by atomic mass is 79.9. The number of pyridine rings is 2. The van der Waals surface area contributed by atoms with Crippen LogP contribution in [0.5, 0.6) is 0 Å². The van der Waals surface area contributed by atoms with E-state index in [1.54, 1.807) is 6.20 Å². The van der Waals surface area contributed by atoms with Crippen molar-refractivity contribution >= 4 is 49.5 Å². The van der Waals surface area contributed by atoms with Gasteiger partial charge in [0.1, 0.15) is 5.52 Å². The molecule has 0 amide bonds. The summed E-state index contributed by atoms with van der Waals surface area (Å²) in [6.45, 7) is 0. The van der Waals surface area contributed by atoms with Gasteiger partial charge in [0, 0.05) is 16.1 Å². The van der Waals surface area contributed by atoms with Crippen molar-refractivity contribution in [1.29, 1.82) is 0 Å². The lowest BCUT2D eigenvalue weighted by atomic mass is 10.2. The molecule has 0 aliphatic rings. The first kappa shape index (κ1) is 10.00. The molecule has 2 aromatic heterocycles. The lowest BCUT2D eigenvalue weighted by Gasteiger charge is -2.04. The molecule has 3 aromatic rings. The number of hydrogen-bond donors (Lipinski definition) is 0. The molecular formula is C12H6BrClN2. The Morgan fingerprint density at radius 3 is 2.88 bits per heavy atom. The van der Waals surface area contributed by atoms with Crippen LogP contribution in [0.25, 0.3) is 21.9 Å². The maximum absolute atomic E-state index is 6.32.